The number of hydrogen-bond acceptors (Lipinski definition) is 2. The average molecular weight is 376 g/mol. The lowest BCUT2D eigenvalue weighted by atomic mass is 10.0. The van der Waals surface area contributed by atoms with E-state index in [1.165, 1.54) is 23.1 Å². The Labute approximate surface area is 155 Å². The van der Waals surface area contributed by atoms with E-state index >= 15 is 0 Å². The molecule has 7 heteroatoms. The lowest BCUT2D eigenvalue weighted by molar-refractivity contribution is -0.137. The van der Waals surface area contributed by atoms with Crippen LogP contribution in [0.1, 0.15) is 25.3 Å². The number of carbonyl (C=O) groups is 2. The van der Waals surface area contributed by atoms with Gasteiger partial charge in [0.1, 0.15) is 5.41 Å². The van der Waals surface area contributed by atoms with Crippen molar-refractivity contribution >= 4 is 23.2 Å². The van der Waals surface area contributed by atoms with Crippen LogP contribution in [-0.2, 0) is 15.8 Å². The number of alkyl halides is 3. The highest BCUT2D eigenvalue weighted by Crippen LogP contribution is 2.49. The maximum absolute atomic E-state index is 13.1. The SMILES string of the molecule is CCN(C(=O)C1(C(=O)Nc2ccccc2C(F)(F)F)CC1)c1ccccc1. The van der Waals surface area contributed by atoms with Gasteiger partial charge < -0.3 is 10.2 Å². The van der Waals surface area contributed by atoms with Crippen molar-refractivity contribution < 1.29 is 22.8 Å². The second-order valence-corrected chi connectivity index (χ2v) is 6.46. The van der Waals surface area contributed by atoms with E-state index in [0.717, 1.165) is 6.07 Å². The Kier molecular flexibility index (Phi) is 4.95. The highest BCUT2D eigenvalue weighted by atomic mass is 19.4. The van der Waals surface area contributed by atoms with Crippen LogP contribution in [0.5, 0.6) is 0 Å². The van der Waals surface area contributed by atoms with Crippen LogP contribution in [0.2, 0.25) is 0 Å². The van der Waals surface area contributed by atoms with Crippen molar-refractivity contribution in [2.75, 3.05) is 16.8 Å². The van der Waals surface area contributed by atoms with Gasteiger partial charge in [-0.2, -0.15) is 13.2 Å². The van der Waals surface area contributed by atoms with E-state index in [4.69, 9.17) is 0 Å². The fourth-order valence-corrected chi connectivity index (χ4v) is 3.05. The van der Waals surface area contributed by atoms with E-state index in [1.54, 1.807) is 31.2 Å². The minimum absolute atomic E-state index is 0.315. The third-order valence-corrected chi connectivity index (χ3v) is 4.70. The van der Waals surface area contributed by atoms with Crippen LogP contribution in [0.4, 0.5) is 24.5 Å². The third kappa shape index (κ3) is 3.67. The number of nitrogens with one attached hydrogen (secondary N) is 1. The van der Waals surface area contributed by atoms with Crippen molar-refractivity contribution in [2.24, 2.45) is 5.41 Å². The minimum atomic E-state index is -4.59. The van der Waals surface area contributed by atoms with Crippen molar-refractivity contribution in [3.63, 3.8) is 0 Å². The van der Waals surface area contributed by atoms with E-state index < -0.39 is 29.0 Å². The molecular weight excluding hydrogens is 357 g/mol. The second kappa shape index (κ2) is 7.06. The molecule has 1 aliphatic rings. The Morgan fingerprint density at radius 1 is 1.04 bits per heavy atom. The molecule has 1 N–H and O–H groups in total. The normalized spacial score (nSPS) is 15.1. The summed E-state index contributed by atoms with van der Waals surface area (Å²) >= 11 is 0. The zero-order valence-corrected chi connectivity index (χ0v) is 14.7. The first-order valence-corrected chi connectivity index (χ1v) is 8.64. The Morgan fingerprint density at radius 2 is 1.63 bits per heavy atom. The number of amides is 2. The summed E-state index contributed by atoms with van der Waals surface area (Å²) in [5.41, 5.74) is -1.93. The highest BCUT2D eigenvalue weighted by molar-refractivity contribution is 6.17. The Balaban J connectivity index is 1.84. The molecule has 0 aromatic heterocycles. The number of para-hydroxylation sites is 2. The Hall–Kier alpha value is -2.83. The summed E-state index contributed by atoms with van der Waals surface area (Å²) in [5, 5.41) is 2.32. The molecule has 1 saturated carbocycles. The molecule has 3 rings (SSSR count). The quantitative estimate of drug-likeness (QED) is 0.783. The first-order chi connectivity index (χ1) is 12.8. The van der Waals surface area contributed by atoms with E-state index in [-0.39, 0.29) is 5.69 Å². The third-order valence-electron chi connectivity index (χ3n) is 4.70. The molecule has 27 heavy (non-hydrogen) atoms. The van der Waals surface area contributed by atoms with E-state index in [9.17, 15) is 22.8 Å². The number of carbonyl (C=O) groups excluding carboxylic acids is 2. The second-order valence-electron chi connectivity index (χ2n) is 6.46. The predicted octanol–water partition coefficient (Wildman–Crippen LogP) is 4.48. The summed E-state index contributed by atoms with van der Waals surface area (Å²) in [6, 6.07) is 13.7. The van der Waals surface area contributed by atoms with Crippen LogP contribution in [0.3, 0.4) is 0 Å². The summed E-state index contributed by atoms with van der Waals surface area (Å²) in [7, 11) is 0. The highest BCUT2D eigenvalue weighted by Gasteiger charge is 2.58. The maximum atomic E-state index is 13.1. The smallest absolute Gasteiger partial charge is 0.325 e. The number of benzene rings is 2. The van der Waals surface area contributed by atoms with Crippen molar-refractivity contribution in [1.82, 2.24) is 0 Å². The zero-order chi connectivity index (χ0) is 19.7. The van der Waals surface area contributed by atoms with Gasteiger partial charge in [-0.3, -0.25) is 9.59 Å². The van der Waals surface area contributed by atoms with Gasteiger partial charge in [-0.25, -0.2) is 0 Å². The molecule has 2 aromatic carbocycles. The zero-order valence-electron chi connectivity index (χ0n) is 14.7. The molecule has 1 fully saturated rings. The van der Waals surface area contributed by atoms with Crippen LogP contribution >= 0.6 is 0 Å². The summed E-state index contributed by atoms with van der Waals surface area (Å²) in [6.07, 6.45) is -3.96. The Morgan fingerprint density at radius 3 is 2.19 bits per heavy atom. The molecule has 142 valence electrons. The van der Waals surface area contributed by atoms with Gasteiger partial charge in [0.2, 0.25) is 11.8 Å². The van der Waals surface area contributed by atoms with Crippen LogP contribution in [-0.4, -0.2) is 18.4 Å². The molecule has 4 nitrogen and oxygen atoms in total. The van der Waals surface area contributed by atoms with Crippen molar-refractivity contribution in [1.29, 1.82) is 0 Å². The average Bonchev–Trinajstić information content (AvgIpc) is 3.45. The van der Waals surface area contributed by atoms with Gasteiger partial charge in [0.05, 0.1) is 11.3 Å². The van der Waals surface area contributed by atoms with Gasteiger partial charge in [-0.1, -0.05) is 30.3 Å². The van der Waals surface area contributed by atoms with E-state index in [0.29, 0.717) is 25.1 Å². The fourth-order valence-electron chi connectivity index (χ4n) is 3.05. The van der Waals surface area contributed by atoms with Gasteiger partial charge in [-0.15, -0.1) is 0 Å². The number of hydrogen-bond donors (Lipinski definition) is 1. The van der Waals surface area contributed by atoms with Crippen molar-refractivity contribution in [2.45, 2.75) is 25.9 Å². The van der Waals surface area contributed by atoms with Crippen molar-refractivity contribution in [3.05, 3.63) is 60.2 Å². The number of anilines is 2. The molecule has 0 aliphatic heterocycles. The van der Waals surface area contributed by atoms with Gasteiger partial charge in [0, 0.05) is 12.2 Å². The molecule has 0 saturated heterocycles. The molecule has 2 aromatic rings. The molecule has 0 heterocycles. The number of halogens is 3. The number of rotatable bonds is 5. The van der Waals surface area contributed by atoms with Crippen LogP contribution in [0.25, 0.3) is 0 Å². The molecule has 0 atom stereocenters. The monoisotopic (exact) mass is 376 g/mol. The summed E-state index contributed by atoms with van der Waals surface area (Å²) in [4.78, 5) is 27.2. The topological polar surface area (TPSA) is 49.4 Å². The molecule has 1 aliphatic carbocycles. The lowest BCUT2D eigenvalue weighted by Gasteiger charge is -2.26. The first-order valence-electron chi connectivity index (χ1n) is 8.64. The molecule has 0 bridgehead atoms. The maximum Gasteiger partial charge on any atom is 0.418 e. The van der Waals surface area contributed by atoms with E-state index in [1.807, 2.05) is 6.07 Å². The van der Waals surface area contributed by atoms with Gasteiger partial charge in [-0.05, 0) is 44.0 Å². The fraction of sp³-hybridized carbons (Fsp3) is 0.300. The largest absolute Gasteiger partial charge is 0.418 e. The van der Waals surface area contributed by atoms with Crippen molar-refractivity contribution in [3.8, 4) is 0 Å². The van der Waals surface area contributed by atoms with Crippen LogP contribution < -0.4 is 10.2 Å². The molecule has 0 unspecified atom stereocenters. The summed E-state index contributed by atoms with van der Waals surface area (Å²) < 4.78 is 39.4. The lowest BCUT2D eigenvalue weighted by Crippen LogP contribution is -2.43. The standard InChI is InChI=1S/C20H19F3N2O2/c1-2-25(14-8-4-3-5-9-14)18(27)19(12-13-19)17(26)24-16-11-7-6-10-15(16)20(21,22)23/h3-11H,2,12-13H2,1H3,(H,24,26). The molecule has 2 amide bonds. The molecule has 0 radical (unpaired) electrons. The molecular formula is C20H19F3N2O2. The predicted molar refractivity (Wildman–Crippen MR) is 96.2 cm³/mol. The van der Waals surface area contributed by atoms with Gasteiger partial charge in [0.15, 0.2) is 0 Å². The molecule has 0 spiro atoms. The van der Waals surface area contributed by atoms with Gasteiger partial charge >= 0.3 is 6.18 Å². The summed E-state index contributed by atoms with van der Waals surface area (Å²) in [5.74, 6) is -1.09. The van der Waals surface area contributed by atoms with Gasteiger partial charge in [0.25, 0.3) is 0 Å². The first kappa shape index (κ1) is 18.9. The minimum Gasteiger partial charge on any atom is -0.325 e. The van der Waals surface area contributed by atoms with Crippen LogP contribution in [0.15, 0.2) is 54.6 Å². The van der Waals surface area contributed by atoms with Crippen LogP contribution in [0, 0.1) is 5.41 Å². The summed E-state index contributed by atoms with van der Waals surface area (Å²) in [6.45, 7) is 2.15. The Bertz CT molecular complexity index is 846. The number of nitrogens with zero attached hydrogens (tertiary/aromatic N) is 1. The van der Waals surface area contributed by atoms with E-state index in [2.05, 4.69) is 5.32 Å².